The molecule has 0 aliphatic rings. The molecule has 0 spiro atoms. The molecular formula is C53H109N6O3+. The molecule has 0 fully saturated rings. The van der Waals surface area contributed by atoms with Crippen LogP contribution in [0.15, 0.2) is 24.3 Å². The molecule has 0 saturated carbocycles. The van der Waals surface area contributed by atoms with Gasteiger partial charge in [-0.05, 0) is 116 Å². The highest BCUT2D eigenvalue weighted by Crippen LogP contribution is 2.13. The fourth-order valence-electron chi connectivity index (χ4n) is 7.97. The molecule has 0 radical (unpaired) electrons. The molecule has 0 aromatic carbocycles. The third-order valence-corrected chi connectivity index (χ3v) is 12.1. The number of carbonyl (C=O) groups excluding carboxylic acids is 1. The number of rotatable bonds is 51. The molecule has 9 nitrogen and oxygen atoms in total. The number of likely N-dealkylation sites (N-methyl/N-ethyl adjacent to an activating group) is 1. The van der Waals surface area contributed by atoms with E-state index in [1.54, 1.807) is 0 Å². The van der Waals surface area contributed by atoms with Gasteiger partial charge in [-0.2, -0.15) is 0 Å². The lowest BCUT2D eigenvalue weighted by Gasteiger charge is -2.33. The highest BCUT2D eigenvalue weighted by molar-refractivity contribution is 5.81. The minimum atomic E-state index is -0.231. The number of hydrogen-bond acceptors (Lipinski definition) is 7. The zero-order valence-corrected chi connectivity index (χ0v) is 42.0. The van der Waals surface area contributed by atoms with Gasteiger partial charge in [0, 0.05) is 13.2 Å². The van der Waals surface area contributed by atoms with E-state index >= 15 is 0 Å². The molecule has 2 atom stereocenters. The van der Waals surface area contributed by atoms with Gasteiger partial charge in [0.1, 0.15) is 12.6 Å². The monoisotopic (exact) mass is 878 g/mol. The van der Waals surface area contributed by atoms with Crippen LogP contribution >= 0.6 is 0 Å². The summed E-state index contributed by atoms with van der Waals surface area (Å²) < 4.78 is 13.6. The maximum Gasteiger partial charge on any atom is 0.237 e. The fourth-order valence-corrected chi connectivity index (χ4v) is 7.97. The number of hydrogen-bond donors (Lipinski definition) is 5. The van der Waals surface area contributed by atoms with E-state index in [4.69, 9.17) is 20.9 Å². The molecule has 1 amide bonds. The predicted molar refractivity (Wildman–Crippen MR) is 271 cm³/mol. The van der Waals surface area contributed by atoms with Crippen molar-refractivity contribution in [3.05, 3.63) is 24.3 Å². The summed E-state index contributed by atoms with van der Waals surface area (Å²) in [4.78, 5) is 13.2. The number of carbonyl (C=O) groups is 1. The zero-order chi connectivity index (χ0) is 45.3. The van der Waals surface area contributed by atoms with Crippen LogP contribution in [-0.2, 0) is 14.3 Å². The fraction of sp³-hybridized carbons (Fsp3) is 0.906. The highest BCUT2D eigenvalue weighted by atomic mass is 16.5. The molecule has 62 heavy (non-hydrogen) atoms. The number of ether oxygens (including phenoxy) is 2. The standard InChI is InChI=1S/C53H108N6O3/c1-5-7-9-11-13-15-17-19-21-23-25-27-29-31-33-35-47-61-50-51(62-48-36-34-32-30-28-26-24-22-20-18-16-14-12-10-8-6-2)49-59(3,4)46-45-58-53(60)52(57-43-38-41-55)39-44-56-42-37-40-54/h19-22,51-52,56-57H,5-18,23-50,54-55H2,1-4H3/p+1/b21-19+,22-20+. The van der Waals surface area contributed by atoms with Gasteiger partial charge in [-0.15, -0.1) is 0 Å². The normalized spacial score (nSPS) is 13.2. The molecule has 2 unspecified atom stereocenters. The van der Waals surface area contributed by atoms with Crippen molar-refractivity contribution in [2.45, 2.75) is 225 Å². The molecule has 0 saturated heterocycles. The molecule has 0 bridgehead atoms. The van der Waals surface area contributed by atoms with Crippen LogP contribution in [0.4, 0.5) is 0 Å². The van der Waals surface area contributed by atoms with Crippen LogP contribution in [0.1, 0.15) is 213 Å². The van der Waals surface area contributed by atoms with Crippen molar-refractivity contribution < 1.29 is 18.8 Å². The molecule has 7 N–H and O–H groups in total. The summed E-state index contributed by atoms with van der Waals surface area (Å²) >= 11 is 0. The van der Waals surface area contributed by atoms with Gasteiger partial charge in [-0.3, -0.25) is 4.79 Å². The maximum absolute atomic E-state index is 13.2. The summed E-state index contributed by atoms with van der Waals surface area (Å²) in [5, 5.41) is 10.0. The van der Waals surface area contributed by atoms with Gasteiger partial charge in [-0.1, -0.05) is 154 Å². The van der Waals surface area contributed by atoms with Gasteiger partial charge in [0.05, 0.1) is 39.8 Å². The van der Waals surface area contributed by atoms with Gasteiger partial charge in [0.25, 0.3) is 0 Å². The topological polar surface area (TPSA) is 124 Å². The quantitative estimate of drug-likeness (QED) is 0.0234. The lowest BCUT2D eigenvalue weighted by atomic mass is 10.1. The Balaban J connectivity index is 4.61. The number of nitrogens with one attached hydrogen (secondary N) is 3. The number of nitrogens with zero attached hydrogens (tertiary/aromatic N) is 1. The van der Waals surface area contributed by atoms with Gasteiger partial charge in [0.15, 0.2) is 0 Å². The van der Waals surface area contributed by atoms with E-state index in [0.29, 0.717) is 26.2 Å². The van der Waals surface area contributed by atoms with E-state index in [-0.39, 0.29) is 18.1 Å². The minimum Gasteiger partial charge on any atom is -0.379 e. The first-order valence-electron chi connectivity index (χ1n) is 26.8. The largest absolute Gasteiger partial charge is 0.379 e. The summed E-state index contributed by atoms with van der Waals surface area (Å²) in [5.41, 5.74) is 11.4. The summed E-state index contributed by atoms with van der Waals surface area (Å²) in [6.07, 6.45) is 49.0. The molecule has 0 aliphatic carbocycles. The van der Waals surface area contributed by atoms with Crippen molar-refractivity contribution in [3.63, 3.8) is 0 Å². The van der Waals surface area contributed by atoms with Crippen molar-refractivity contribution in [1.29, 1.82) is 0 Å². The van der Waals surface area contributed by atoms with E-state index in [2.05, 4.69) is 68.2 Å². The van der Waals surface area contributed by atoms with E-state index in [0.717, 1.165) is 82.5 Å². The second kappa shape index (κ2) is 49.1. The van der Waals surface area contributed by atoms with E-state index < -0.39 is 0 Å². The Morgan fingerprint density at radius 1 is 0.548 bits per heavy atom. The number of nitrogens with two attached hydrogens (primary N) is 2. The first kappa shape index (κ1) is 60.7. The maximum atomic E-state index is 13.2. The first-order chi connectivity index (χ1) is 30.4. The predicted octanol–water partition coefficient (Wildman–Crippen LogP) is 11.3. The number of quaternary nitrogens is 1. The van der Waals surface area contributed by atoms with Crippen LogP contribution in [0.5, 0.6) is 0 Å². The van der Waals surface area contributed by atoms with Crippen molar-refractivity contribution >= 4 is 5.91 Å². The third-order valence-electron chi connectivity index (χ3n) is 12.1. The van der Waals surface area contributed by atoms with Gasteiger partial charge >= 0.3 is 0 Å². The number of allylic oxidation sites excluding steroid dienone is 4. The molecular weight excluding hydrogens is 769 g/mol. The Morgan fingerprint density at radius 3 is 1.50 bits per heavy atom. The summed E-state index contributed by atoms with van der Waals surface area (Å²) in [7, 11) is 4.49. The van der Waals surface area contributed by atoms with Crippen LogP contribution in [-0.4, -0.2) is 109 Å². The summed E-state index contributed by atoms with van der Waals surface area (Å²) in [5.74, 6) is 0.0642. The third kappa shape index (κ3) is 45.2. The zero-order valence-electron chi connectivity index (χ0n) is 42.0. The first-order valence-corrected chi connectivity index (χ1v) is 26.8. The molecule has 0 aromatic rings. The van der Waals surface area contributed by atoms with E-state index in [1.165, 1.54) is 167 Å². The molecule has 9 heteroatoms. The Morgan fingerprint density at radius 2 is 1.00 bits per heavy atom. The molecule has 368 valence electrons. The number of unbranched alkanes of at least 4 members (excludes halogenated alkanes) is 24. The average molecular weight is 878 g/mol. The lowest BCUT2D eigenvalue weighted by molar-refractivity contribution is -0.892. The van der Waals surface area contributed by atoms with Crippen molar-refractivity contribution in [1.82, 2.24) is 16.0 Å². The highest BCUT2D eigenvalue weighted by Gasteiger charge is 2.24. The van der Waals surface area contributed by atoms with Gasteiger partial charge < -0.3 is 41.4 Å². The Labute approximate surface area is 386 Å². The second-order valence-corrected chi connectivity index (χ2v) is 18.9. The van der Waals surface area contributed by atoms with Gasteiger partial charge in [-0.25, -0.2) is 0 Å². The Kier molecular flexibility index (Phi) is 48.1. The van der Waals surface area contributed by atoms with Gasteiger partial charge in [0.2, 0.25) is 5.91 Å². The van der Waals surface area contributed by atoms with Crippen molar-refractivity contribution in [2.75, 3.05) is 86.3 Å². The van der Waals surface area contributed by atoms with Crippen LogP contribution in [0.25, 0.3) is 0 Å². The second-order valence-electron chi connectivity index (χ2n) is 18.9. The average Bonchev–Trinajstić information content (AvgIpc) is 3.26. The molecule has 0 rings (SSSR count). The molecule has 0 aromatic heterocycles. The smallest absolute Gasteiger partial charge is 0.237 e. The number of amides is 1. The molecule has 0 aliphatic heterocycles. The van der Waals surface area contributed by atoms with Crippen LogP contribution in [0, 0.1) is 0 Å². The van der Waals surface area contributed by atoms with Crippen molar-refractivity contribution in [3.8, 4) is 0 Å². The van der Waals surface area contributed by atoms with E-state index in [1.807, 2.05) is 0 Å². The minimum absolute atomic E-state index is 0.0446. The van der Waals surface area contributed by atoms with Crippen LogP contribution < -0.4 is 27.4 Å². The Hall–Kier alpha value is -1.33. The van der Waals surface area contributed by atoms with Crippen LogP contribution in [0.2, 0.25) is 0 Å². The van der Waals surface area contributed by atoms with Crippen LogP contribution in [0.3, 0.4) is 0 Å². The summed E-state index contributed by atoms with van der Waals surface area (Å²) in [6, 6.07) is -0.231. The summed E-state index contributed by atoms with van der Waals surface area (Å²) in [6.45, 7) is 12.8. The SMILES string of the molecule is CCCCCCCC/C=C/CCCCCCCCOCC(C[N+](C)(C)CCNC(=O)C(CCNCCCN)NCCCN)OCCCCCCCC/C=C/CCCCCCCC. The Bertz CT molecular complexity index is 964. The lowest BCUT2D eigenvalue weighted by Crippen LogP contribution is -2.53. The van der Waals surface area contributed by atoms with E-state index in [9.17, 15) is 4.79 Å². The van der Waals surface area contributed by atoms with Crippen molar-refractivity contribution in [2.24, 2.45) is 11.5 Å². The molecule has 0 heterocycles.